The predicted molar refractivity (Wildman–Crippen MR) is 164 cm³/mol. The quantitative estimate of drug-likeness (QED) is 0.422. The third-order valence-corrected chi connectivity index (χ3v) is 10.4. The fourth-order valence-corrected chi connectivity index (χ4v) is 7.76. The van der Waals surface area contributed by atoms with Crippen LogP contribution in [-0.4, -0.2) is 64.6 Å². The van der Waals surface area contributed by atoms with Crippen LogP contribution in [0.2, 0.25) is 0 Å². The van der Waals surface area contributed by atoms with Crippen molar-refractivity contribution in [2.75, 3.05) is 24.5 Å². The molecular weight excluding hydrogens is 524 g/mol. The number of ether oxygens (including phenoxy) is 1. The Balaban J connectivity index is 0.920. The van der Waals surface area contributed by atoms with Gasteiger partial charge in [0.25, 0.3) is 5.91 Å². The van der Waals surface area contributed by atoms with Crippen molar-refractivity contribution in [2.45, 2.75) is 110 Å². The van der Waals surface area contributed by atoms with Crippen LogP contribution in [0.1, 0.15) is 98.7 Å². The van der Waals surface area contributed by atoms with Crippen LogP contribution in [0.4, 0.5) is 5.95 Å². The standard InChI is InChI=1S/C34H46N6O2/c1-22(2)40(28-6-5-7-28)21-25-8-10-39(11-9-25)33-36-19-26(20-37-33)32(41)38-27-14-34(15-27)16-30(17-34)42-29-12-23(3)31(18-35)24(4)13-29/h12-13,19-20,22,25,27-28,30H,5-11,14-17,21H2,1-4H3,(H,38,41). The number of nitrogens with one attached hydrogen (secondary N) is 1. The van der Waals surface area contributed by atoms with Crippen LogP contribution in [0.3, 0.4) is 0 Å². The molecule has 8 nitrogen and oxygen atoms in total. The second kappa shape index (κ2) is 11.8. The molecule has 1 spiro atoms. The second-order valence-electron chi connectivity index (χ2n) is 13.8. The molecule has 1 aromatic heterocycles. The first-order valence-electron chi connectivity index (χ1n) is 16.0. The Kier molecular flexibility index (Phi) is 8.15. The predicted octanol–water partition coefficient (Wildman–Crippen LogP) is 5.56. The number of nitrogens with zero attached hydrogens (tertiary/aromatic N) is 5. The Hall–Kier alpha value is -3.18. The summed E-state index contributed by atoms with van der Waals surface area (Å²) in [6.07, 6.45) is 14.0. The molecule has 1 saturated heterocycles. The van der Waals surface area contributed by atoms with E-state index < -0.39 is 0 Å². The number of carbonyl (C=O) groups is 1. The molecule has 1 aliphatic heterocycles. The largest absolute Gasteiger partial charge is 0.490 e. The van der Waals surface area contributed by atoms with Gasteiger partial charge in [0, 0.05) is 50.2 Å². The Labute approximate surface area is 250 Å². The Bertz CT molecular complexity index is 1290. The van der Waals surface area contributed by atoms with Gasteiger partial charge in [-0.05, 0) is 114 Å². The van der Waals surface area contributed by atoms with E-state index in [9.17, 15) is 10.1 Å². The number of amides is 1. The number of nitriles is 1. The number of aryl methyl sites for hydroxylation is 2. The zero-order valence-electron chi connectivity index (χ0n) is 25.7. The Morgan fingerprint density at radius 1 is 1.10 bits per heavy atom. The van der Waals surface area contributed by atoms with E-state index >= 15 is 0 Å². The number of hydrogen-bond donors (Lipinski definition) is 1. The lowest BCUT2D eigenvalue weighted by atomic mass is 9.53. The monoisotopic (exact) mass is 570 g/mol. The number of piperidine rings is 1. The third-order valence-electron chi connectivity index (χ3n) is 10.4. The minimum absolute atomic E-state index is 0.0828. The van der Waals surface area contributed by atoms with Crippen molar-refractivity contribution < 1.29 is 9.53 Å². The normalized spacial score (nSPS) is 26.0. The maximum Gasteiger partial charge on any atom is 0.254 e. The molecule has 42 heavy (non-hydrogen) atoms. The highest BCUT2D eigenvalue weighted by atomic mass is 16.5. The van der Waals surface area contributed by atoms with Gasteiger partial charge in [0.05, 0.1) is 23.3 Å². The number of rotatable bonds is 9. The van der Waals surface area contributed by atoms with Crippen LogP contribution in [0.15, 0.2) is 24.5 Å². The van der Waals surface area contributed by atoms with E-state index in [0.717, 1.165) is 79.1 Å². The van der Waals surface area contributed by atoms with E-state index in [1.54, 1.807) is 12.4 Å². The van der Waals surface area contributed by atoms with Gasteiger partial charge in [0.2, 0.25) is 5.95 Å². The summed E-state index contributed by atoms with van der Waals surface area (Å²) in [5.41, 5.74) is 3.47. The molecule has 8 heteroatoms. The molecule has 4 aliphatic rings. The van der Waals surface area contributed by atoms with Gasteiger partial charge in [0.1, 0.15) is 5.75 Å². The Morgan fingerprint density at radius 2 is 1.74 bits per heavy atom. The SMILES string of the molecule is Cc1cc(OC2CC3(CC(NC(=O)c4cnc(N5CCC(CN(C(C)C)C6CCC6)CC5)nc4)C3)C2)cc(C)c1C#N. The van der Waals surface area contributed by atoms with Crippen molar-refractivity contribution >= 4 is 11.9 Å². The first-order valence-corrected chi connectivity index (χ1v) is 16.0. The molecule has 224 valence electrons. The lowest BCUT2D eigenvalue weighted by Crippen LogP contribution is -2.58. The zero-order valence-corrected chi connectivity index (χ0v) is 25.7. The molecule has 0 unspecified atom stereocenters. The number of anilines is 1. The fraction of sp³-hybridized carbons (Fsp3) is 0.647. The smallest absolute Gasteiger partial charge is 0.254 e. The number of aromatic nitrogens is 2. The van der Waals surface area contributed by atoms with Gasteiger partial charge in [-0.25, -0.2) is 9.97 Å². The summed E-state index contributed by atoms with van der Waals surface area (Å²) in [6, 6.07) is 7.81. The van der Waals surface area contributed by atoms with Gasteiger partial charge in [-0.15, -0.1) is 0 Å². The first-order chi connectivity index (χ1) is 20.2. The van der Waals surface area contributed by atoms with Crippen LogP contribution < -0.4 is 15.0 Å². The third kappa shape index (κ3) is 5.99. The highest BCUT2D eigenvalue weighted by Crippen LogP contribution is 2.56. The van der Waals surface area contributed by atoms with E-state index in [0.29, 0.717) is 11.6 Å². The highest BCUT2D eigenvalue weighted by Gasteiger charge is 2.54. The molecule has 1 N–H and O–H groups in total. The van der Waals surface area contributed by atoms with Crippen molar-refractivity contribution in [3.8, 4) is 11.8 Å². The van der Waals surface area contributed by atoms with Crippen LogP contribution in [0, 0.1) is 36.5 Å². The van der Waals surface area contributed by atoms with Crippen molar-refractivity contribution in [1.82, 2.24) is 20.2 Å². The summed E-state index contributed by atoms with van der Waals surface area (Å²) < 4.78 is 6.22. The summed E-state index contributed by atoms with van der Waals surface area (Å²) in [5, 5.41) is 12.5. The lowest BCUT2D eigenvalue weighted by Gasteiger charge is -2.57. The summed E-state index contributed by atoms with van der Waals surface area (Å²) in [6.45, 7) is 11.8. The van der Waals surface area contributed by atoms with Gasteiger partial charge in [-0.3, -0.25) is 9.69 Å². The van der Waals surface area contributed by atoms with Crippen LogP contribution in [-0.2, 0) is 0 Å². The van der Waals surface area contributed by atoms with Crippen LogP contribution >= 0.6 is 0 Å². The minimum Gasteiger partial charge on any atom is -0.490 e. The molecule has 2 heterocycles. The van der Waals surface area contributed by atoms with Gasteiger partial charge in [-0.1, -0.05) is 6.42 Å². The molecule has 3 saturated carbocycles. The second-order valence-corrected chi connectivity index (χ2v) is 13.8. The van der Waals surface area contributed by atoms with E-state index in [-0.39, 0.29) is 23.5 Å². The highest BCUT2D eigenvalue weighted by molar-refractivity contribution is 5.94. The molecule has 0 bridgehead atoms. The molecule has 0 atom stereocenters. The van der Waals surface area contributed by atoms with E-state index in [2.05, 4.69) is 45.0 Å². The maximum absolute atomic E-state index is 12.9. The molecule has 1 amide bonds. The Morgan fingerprint density at radius 3 is 2.29 bits per heavy atom. The van der Waals surface area contributed by atoms with Crippen molar-refractivity contribution in [3.05, 3.63) is 46.8 Å². The lowest BCUT2D eigenvalue weighted by molar-refractivity contribution is -0.0833. The van der Waals surface area contributed by atoms with Gasteiger partial charge in [-0.2, -0.15) is 5.26 Å². The summed E-state index contributed by atoms with van der Waals surface area (Å²) in [7, 11) is 0. The fourth-order valence-electron chi connectivity index (χ4n) is 7.76. The molecule has 6 rings (SSSR count). The molecular formula is C34H46N6O2. The molecule has 1 aromatic carbocycles. The van der Waals surface area contributed by atoms with Crippen LogP contribution in [0.25, 0.3) is 0 Å². The molecule has 0 radical (unpaired) electrons. The zero-order chi connectivity index (χ0) is 29.4. The van der Waals surface area contributed by atoms with Gasteiger partial charge < -0.3 is 15.0 Å². The average Bonchev–Trinajstić information content (AvgIpc) is 2.89. The first kappa shape index (κ1) is 28.9. The molecule has 2 aromatic rings. The number of benzene rings is 1. The average molecular weight is 571 g/mol. The summed E-state index contributed by atoms with van der Waals surface area (Å²) in [5.74, 6) is 2.24. The summed E-state index contributed by atoms with van der Waals surface area (Å²) >= 11 is 0. The maximum atomic E-state index is 12.9. The van der Waals surface area contributed by atoms with Gasteiger partial charge in [0.15, 0.2) is 0 Å². The topological polar surface area (TPSA) is 94.4 Å². The van der Waals surface area contributed by atoms with E-state index in [1.165, 1.54) is 38.6 Å². The van der Waals surface area contributed by atoms with Crippen molar-refractivity contribution in [2.24, 2.45) is 11.3 Å². The van der Waals surface area contributed by atoms with Crippen molar-refractivity contribution in [1.29, 1.82) is 5.26 Å². The minimum atomic E-state index is -0.0828. The summed E-state index contributed by atoms with van der Waals surface area (Å²) in [4.78, 5) is 27.1. The van der Waals surface area contributed by atoms with Crippen LogP contribution in [0.5, 0.6) is 5.75 Å². The van der Waals surface area contributed by atoms with E-state index in [4.69, 9.17) is 4.74 Å². The van der Waals surface area contributed by atoms with E-state index in [1.807, 2.05) is 26.0 Å². The number of hydrogen-bond acceptors (Lipinski definition) is 7. The van der Waals surface area contributed by atoms with Gasteiger partial charge >= 0.3 is 0 Å². The molecule has 4 fully saturated rings. The number of carbonyl (C=O) groups excluding carboxylic acids is 1. The molecule has 3 aliphatic carbocycles. The van der Waals surface area contributed by atoms with Crippen molar-refractivity contribution in [3.63, 3.8) is 0 Å².